The van der Waals surface area contributed by atoms with Gasteiger partial charge in [0.05, 0.1) is 57.3 Å². The third-order valence-corrected chi connectivity index (χ3v) is 12.6. The topological polar surface area (TPSA) is 63.8 Å². The van der Waals surface area contributed by atoms with Crippen molar-refractivity contribution >= 4 is 92.5 Å². The second kappa shape index (κ2) is 12.0. The third-order valence-electron chi connectivity index (χ3n) is 12.6. The summed E-state index contributed by atoms with van der Waals surface area (Å²) in [4.78, 5) is 14.4. The Hall–Kier alpha value is -8.58. The van der Waals surface area contributed by atoms with E-state index in [0.717, 1.165) is 104 Å². The number of nitrogens with zero attached hydrogens (tertiary/aromatic N) is 6. The van der Waals surface area contributed by atoms with E-state index in [1.54, 1.807) is 0 Å². The van der Waals surface area contributed by atoms with Crippen molar-refractivity contribution in [1.29, 1.82) is 5.26 Å². The zero-order chi connectivity index (χ0) is 39.6. The predicted molar refractivity (Wildman–Crippen MR) is 245 cm³/mol. The molecule has 60 heavy (non-hydrogen) atoms. The van der Waals surface area contributed by atoms with Crippen LogP contribution in [0.3, 0.4) is 0 Å². The van der Waals surface area contributed by atoms with Crippen LogP contribution in [0.2, 0.25) is 0 Å². The molecule has 0 saturated heterocycles. The standard InChI is InChI=1S/C54H28N6/c1-56-52-45(31-14-4-2-5-15-31)39(28-55)53(59-42-25-13-23-37-35-20-10-11-21-38(35)51-50(48(37)42)43(59)26-27-58-51)46(32-16-6-3-7-17-32)54(52)60-41-24-12-22-36-33-18-8-9-19-34(33)40-29-57-30-44(60)49(40)47(36)41/h2-27,29-30H. The van der Waals surface area contributed by atoms with Crippen molar-refractivity contribution in [3.63, 3.8) is 0 Å². The highest BCUT2D eigenvalue weighted by molar-refractivity contribution is 6.35. The van der Waals surface area contributed by atoms with Gasteiger partial charge in [-0.05, 0) is 56.3 Å². The van der Waals surface area contributed by atoms with E-state index in [0.29, 0.717) is 28.2 Å². The lowest BCUT2D eigenvalue weighted by Gasteiger charge is -2.25. The van der Waals surface area contributed by atoms with Crippen LogP contribution in [0.25, 0.3) is 125 Å². The zero-order valence-corrected chi connectivity index (χ0v) is 31.8. The Kier molecular flexibility index (Phi) is 6.48. The molecule has 0 unspecified atom stereocenters. The summed E-state index contributed by atoms with van der Waals surface area (Å²) in [5, 5.41) is 23.9. The number of aromatic nitrogens is 4. The molecule has 0 spiro atoms. The second-order valence-corrected chi connectivity index (χ2v) is 15.4. The first kappa shape index (κ1) is 32.5. The van der Waals surface area contributed by atoms with Crippen LogP contribution in [0.15, 0.2) is 170 Å². The average molecular weight is 761 g/mol. The maximum absolute atomic E-state index is 11.7. The number of benzene rings is 9. The summed E-state index contributed by atoms with van der Waals surface area (Å²) in [7, 11) is 0. The number of rotatable bonds is 4. The molecule has 0 N–H and O–H groups in total. The fraction of sp³-hybridized carbons (Fsp3) is 0. The highest BCUT2D eigenvalue weighted by Gasteiger charge is 2.33. The molecule has 0 aliphatic rings. The summed E-state index contributed by atoms with van der Waals surface area (Å²) in [5.41, 5.74) is 9.94. The second-order valence-electron chi connectivity index (χ2n) is 15.4. The molecule has 0 bridgehead atoms. The zero-order valence-electron chi connectivity index (χ0n) is 31.8. The molecule has 6 heteroatoms. The molecule has 4 aromatic heterocycles. The quantitative estimate of drug-likeness (QED) is 0.133. The highest BCUT2D eigenvalue weighted by atomic mass is 15.0. The lowest BCUT2D eigenvalue weighted by Crippen LogP contribution is -2.08. The van der Waals surface area contributed by atoms with E-state index in [1.807, 2.05) is 67.1 Å². The lowest BCUT2D eigenvalue weighted by molar-refractivity contribution is 1.13. The van der Waals surface area contributed by atoms with Crippen molar-refractivity contribution in [3.8, 4) is 39.7 Å². The first-order chi connectivity index (χ1) is 29.8. The smallest absolute Gasteiger partial charge is 0.220 e. The molecule has 0 atom stereocenters. The van der Waals surface area contributed by atoms with Gasteiger partial charge in [-0.25, -0.2) is 4.85 Å². The maximum Gasteiger partial charge on any atom is 0.220 e. The van der Waals surface area contributed by atoms with E-state index in [2.05, 4.69) is 123 Å². The van der Waals surface area contributed by atoms with Gasteiger partial charge in [-0.2, -0.15) is 5.26 Å². The fourth-order valence-electron chi connectivity index (χ4n) is 10.4. The van der Waals surface area contributed by atoms with Gasteiger partial charge in [0.25, 0.3) is 0 Å². The Morgan fingerprint density at radius 3 is 1.63 bits per heavy atom. The molecule has 0 aliphatic heterocycles. The van der Waals surface area contributed by atoms with Gasteiger partial charge in [0.1, 0.15) is 6.07 Å². The van der Waals surface area contributed by atoms with Gasteiger partial charge < -0.3 is 9.13 Å². The molecule has 6 nitrogen and oxygen atoms in total. The van der Waals surface area contributed by atoms with Crippen molar-refractivity contribution in [2.75, 3.05) is 0 Å². The van der Waals surface area contributed by atoms with Gasteiger partial charge in [0.2, 0.25) is 5.69 Å². The average Bonchev–Trinajstić information content (AvgIpc) is 3.84. The Morgan fingerprint density at radius 1 is 0.467 bits per heavy atom. The lowest BCUT2D eigenvalue weighted by atomic mass is 9.88. The summed E-state index contributed by atoms with van der Waals surface area (Å²) in [6.45, 7) is 9.14. The number of pyridine rings is 2. The predicted octanol–water partition coefficient (Wildman–Crippen LogP) is 13.9. The molecule has 9 aromatic carbocycles. The first-order valence-corrected chi connectivity index (χ1v) is 19.9. The SMILES string of the molecule is [C-]#[N+]c1c(-c2ccccc2)c(C#N)c(-n2c3cccc4c5ccccc5c5nccc2c5c43)c(-c2ccccc2)c1-n1c2cccc3c4ccccc4c4cncc1c4c32. The number of nitriles is 1. The van der Waals surface area contributed by atoms with Crippen molar-refractivity contribution in [2.45, 2.75) is 0 Å². The molecule has 274 valence electrons. The van der Waals surface area contributed by atoms with Crippen molar-refractivity contribution < 1.29 is 0 Å². The minimum atomic E-state index is 0.396. The van der Waals surface area contributed by atoms with Crippen LogP contribution in [0.1, 0.15) is 5.56 Å². The molecule has 4 heterocycles. The van der Waals surface area contributed by atoms with Gasteiger partial charge in [0.15, 0.2) is 0 Å². The maximum atomic E-state index is 11.7. The van der Waals surface area contributed by atoms with E-state index >= 15 is 0 Å². The van der Waals surface area contributed by atoms with Crippen LogP contribution >= 0.6 is 0 Å². The van der Waals surface area contributed by atoms with Crippen LogP contribution in [0, 0.1) is 17.9 Å². The van der Waals surface area contributed by atoms with E-state index in [1.165, 1.54) is 0 Å². The van der Waals surface area contributed by atoms with Crippen LogP contribution in [-0.2, 0) is 0 Å². The van der Waals surface area contributed by atoms with Gasteiger partial charge in [-0.1, -0.05) is 133 Å². The van der Waals surface area contributed by atoms with E-state index in [9.17, 15) is 5.26 Å². The van der Waals surface area contributed by atoms with Crippen molar-refractivity contribution in [2.24, 2.45) is 0 Å². The molecule has 13 rings (SSSR count). The molecular weight excluding hydrogens is 733 g/mol. The fourth-order valence-corrected chi connectivity index (χ4v) is 10.4. The molecule has 0 aliphatic carbocycles. The van der Waals surface area contributed by atoms with Crippen LogP contribution in [0.4, 0.5) is 5.69 Å². The van der Waals surface area contributed by atoms with Gasteiger partial charge in [-0.15, -0.1) is 0 Å². The van der Waals surface area contributed by atoms with Crippen LogP contribution in [0.5, 0.6) is 0 Å². The number of hydrogen-bond donors (Lipinski definition) is 0. The van der Waals surface area contributed by atoms with Crippen LogP contribution < -0.4 is 0 Å². The normalized spacial score (nSPS) is 12.0. The largest absolute Gasteiger partial charge is 0.317 e. The van der Waals surface area contributed by atoms with E-state index in [4.69, 9.17) is 16.5 Å². The number of fused-ring (bicyclic) bond motifs is 6. The molecule has 0 saturated carbocycles. The molecular formula is C54H28N6. The Bertz CT molecular complexity index is 3620. The highest BCUT2D eigenvalue weighted by Crippen LogP contribution is 2.54. The van der Waals surface area contributed by atoms with E-state index < -0.39 is 0 Å². The first-order valence-electron chi connectivity index (χ1n) is 19.9. The Morgan fingerprint density at radius 2 is 0.983 bits per heavy atom. The van der Waals surface area contributed by atoms with Gasteiger partial charge in [-0.3, -0.25) is 9.97 Å². The molecule has 0 radical (unpaired) electrons. The Balaban J connectivity index is 1.33. The minimum Gasteiger partial charge on any atom is -0.317 e. The van der Waals surface area contributed by atoms with Crippen molar-refractivity contribution in [3.05, 3.63) is 187 Å². The van der Waals surface area contributed by atoms with E-state index in [-0.39, 0.29) is 0 Å². The summed E-state index contributed by atoms with van der Waals surface area (Å²) in [6, 6.07) is 54.9. The van der Waals surface area contributed by atoms with Crippen molar-refractivity contribution in [1.82, 2.24) is 19.1 Å². The van der Waals surface area contributed by atoms with Crippen LogP contribution in [-0.4, -0.2) is 19.1 Å². The molecule has 0 amide bonds. The monoisotopic (exact) mass is 760 g/mol. The minimum absolute atomic E-state index is 0.396. The summed E-state index contributed by atoms with van der Waals surface area (Å²) in [5.74, 6) is 0. The number of hydrogen-bond acceptors (Lipinski definition) is 3. The summed E-state index contributed by atoms with van der Waals surface area (Å²) in [6.07, 6.45) is 5.78. The Labute approximate surface area is 342 Å². The molecule has 13 aromatic rings. The molecule has 0 fully saturated rings. The summed E-state index contributed by atoms with van der Waals surface area (Å²) >= 11 is 0. The summed E-state index contributed by atoms with van der Waals surface area (Å²) < 4.78 is 4.52. The third kappa shape index (κ3) is 4.04. The van der Waals surface area contributed by atoms with Gasteiger partial charge in [0, 0.05) is 55.8 Å². The van der Waals surface area contributed by atoms with Gasteiger partial charge >= 0.3 is 0 Å².